The van der Waals surface area contributed by atoms with Gasteiger partial charge in [0.05, 0.1) is 22.0 Å². The predicted molar refractivity (Wildman–Crippen MR) is 80.0 cm³/mol. The zero-order chi connectivity index (χ0) is 15.1. The molecular formula is C12H13Cl2N3O2S. The van der Waals surface area contributed by atoms with Crippen LogP contribution in [0, 0.1) is 13.8 Å². The van der Waals surface area contributed by atoms with Crippen LogP contribution >= 0.6 is 23.2 Å². The molecule has 1 heterocycles. The Morgan fingerprint density at radius 1 is 1.15 bits per heavy atom. The van der Waals surface area contributed by atoms with Crippen molar-refractivity contribution >= 4 is 38.9 Å². The highest BCUT2D eigenvalue weighted by molar-refractivity contribution is 7.92. The summed E-state index contributed by atoms with van der Waals surface area (Å²) in [6.45, 7) is 3.51. The largest absolute Gasteiger partial charge is 0.276 e. The van der Waals surface area contributed by atoms with Crippen LogP contribution in [0.5, 0.6) is 0 Å². The van der Waals surface area contributed by atoms with Crippen molar-refractivity contribution in [3.05, 3.63) is 39.6 Å². The Morgan fingerprint density at radius 2 is 1.70 bits per heavy atom. The zero-order valence-corrected chi connectivity index (χ0v) is 13.4. The molecule has 2 rings (SSSR count). The smallest absolute Gasteiger partial charge is 0.262 e. The van der Waals surface area contributed by atoms with E-state index in [0.717, 1.165) is 5.69 Å². The zero-order valence-electron chi connectivity index (χ0n) is 11.1. The van der Waals surface area contributed by atoms with Crippen LogP contribution in [0.1, 0.15) is 11.4 Å². The van der Waals surface area contributed by atoms with Crippen molar-refractivity contribution in [3.8, 4) is 0 Å². The fourth-order valence-electron chi connectivity index (χ4n) is 1.80. The van der Waals surface area contributed by atoms with E-state index in [-0.39, 0.29) is 14.9 Å². The maximum atomic E-state index is 12.4. The topological polar surface area (TPSA) is 64.0 Å². The molecule has 5 nitrogen and oxygen atoms in total. The van der Waals surface area contributed by atoms with Crippen molar-refractivity contribution in [3.63, 3.8) is 0 Å². The molecule has 8 heteroatoms. The third kappa shape index (κ3) is 2.92. The number of benzene rings is 1. The molecule has 0 atom stereocenters. The monoisotopic (exact) mass is 333 g/mol. The van der Waals surface area contributed by atoms with Crippen LogP contribution in [0.4, 0.5) is 5.69 Å². The highest BCUT2D eigenvalue weighted by Gasteiger charge is 2.20. The molecule has 0 spiro atoms. The van der Waals surface area contributed by atoms with Gasteiger partial charge in [-0.25, -0.2) is 8.42 Å². The highest BCUT2D eigenvalue weighted by Crippen LogP contribution is 2.26. The lowest BCUT2D eigenvalue weighted by Crippen LogP contribution is -2.14. The SMILES string of the molecule is Cc1nn(C)c(C)c1NS(=O)(=O)c1cc(Cl)cc(Cl)c1. The van der Waals surface area contributed by atoms with Gasteiger partial charge in [-0.3, -0.25) is 9.40 Å². The average Bonchev–Trinajstić information content (AvgIpc) is 2.54. The number of sulfonamides is 1. The third-order valence-corrected chi connectivity index (χ3v) is 4.66. The number of hydrogen-bond donors (Lipinski definition) is 1. The van der Waals surface area contributed by atoms with Crippen molar-refractivity contribution < 1.29 is 8.42 Å². The first-order valence-corrected chi connectivity index (χ1v) is 7.94. The van der Waals surface area contributed by atoms with Crippen LogP contribution in [0.3, 0.4) is 0 Å². The molecule has 0 fully saturated rings. The van der Waals surface area contributed by atoms with E-state index in [1.54, 1.807) is 25.6 Å². The van der Waals surface area contributed by atoms with E-state index in [2.05, 4.69) is 9.82 Å². The summed E-state index contributed by atoms with van der Waals surface area (Å²) in [5, 5.41) is 4.68. The van der Waals surface area contributed by atoms with Gasteiger partial charge >= 0.3 is 0 Å². The van der Waals surface area contributed by atoms with E-state index in [0.29, 0.717) is 11.4 Å². The van der Waals surface area contributed by atoms with E-state index in [4.69, 9.17) is 23.2 Å². The van der Waals surface area contributed by atoms with Gasteiger partial charge in [-0.05, 0) is 32.0 Å². The first-order chi connectivity index (χ1) is 9.20. The van der Waals surface area contributed by atoms with E-state index < -0.39 is 10.0 Å². The van der Waals surface area contributed by atoms with Crippen LogP contribution in [-0.4, -0.2) is 18.2 Å². The number of nitrogens with one attached hydrogen (secondary N) is 1. The van der Waals surface area contributed by atoms with Gasteiger partial charge in [0.15, 0.2) is 0 Å². The molecule has 20 heavy (non-hydrogen) atoms. The van der Waals surface area contributed by atoms with Gasteiger partial charge in [0.25, 0.3) is 10.0 Å². The maximum Gasteiger partial charge on any atom is 0.262 e. The molecule has 0 aliphatic carbocycles. The average molecular weight is 334 g/mol. The highest BCUT2D eigenvalue weighted by atomic mass is 35.5. The lowest BCUT2D eigenvalue weighted by Gasteiger charge is -2.09. The van der Waals surface area contributed by atoms with E-state index in [9.17, 15) is 8.42 Å². The number of aromatic nitrogens is 2. The molecule has 0 unspecified atom stereocenters. The summed E-state index contributed by atoms with van der Waals surface area (Å²) in [4.78, 5) is 0.0117. The fraction of sp³-hybridized carbons (Fsp3) is 0.250. The van der Waals surface area contributed by atoms with E-state index >= 15 is 0 Å². The molecular weight excluding hydrogens is 321 g/mol. The standard InChI is InChI=1S/C12H13Cl2N3O2S/c1-7-12(8(2)17(3)15-7)16-20(18,19)11-5-9(13)4-10(14)6-11/h4-6,16H,1-3H3. The summed E-state index contributed by atoms with van der Waals surface area (Å²) in [6, 6.07) is 4.16. The second-order valence-electron chi connectivity index (χ2n) is 4.38. The van der Waals surface area contributed by atoms with Gasteiger partial charge in [0.1, 0.15) is 0 Å². The molecule has 1 aromatic heterocycles. The quantitative estimate of drug-likeness (QED) is 0.938. The second-order valence-corrected chi connectivity index (χ2v) is 6.94. The number of rotatable bonds is 3. The van der Waals surface area contributed by atoms with Crippen molar-refractivity contribution in [2.45, 2.75) is 18.7 Å². The van der Waals surface area contributed by atoms with Crippen molar-refractivity contribution in [1.29, 1.82) is 0 Å². The molecule has 0 saturated heterocycles. The second kappa shape index (κ2) is 5.27. The number of halogens is 2. The number of anilines is 1. The first-order valence-electron chi connectivity index (χ1n) is 5.70. The van der Waals surface area contributed by atoms with E-state index in [1.165, 1.54) is 18.2 Å². The molecule has 0 bridgehead atoms. The van der Waals surface area contributed by atoms with E-state index in [1.807, 2.05) is 0 Å². The molecule has 0 saturated carbocycles. The van der Waals surface area contributed by atoms with Crippen molar-refractivity contribution in [2.24, 2.45) is 7.05 Å². The summed E-state index contributed by atoms with van der Waals surface area (Å²) in [6.07, 6.45) is 0. The summed E-state index contributed by atoms with van der Waals surface area (Å²) < 4.78 is 28.8. The molecule has 1 aromatic carbocycles. The summed E-state index contributed by atoms with van der Waals surface area (Å²) in [5.41, 5.74) is 1.78. The van der Waals surface area contributed by atoms with Gasteiger partial charge in [-0.1, -0.05) is 23.2 Å². The minimum absolute atomic E-state index is 0.0117. The summed E-state index contributed by atoms with van der Waals surface area (Å²) in [5.74, 6) is 0. The predicted octanol–water partition coefficient (Wildman–Crippen LogP) is 3.14. The minimum Gasteiger partial charge on any atom is -0.276 e. The lowest BCUT2D eigenvalue weighted by molar-refractivity contribution is 0.601. The van der Waals surface area contributed by atoms with Crippen molar-refractivity contribution in [1.82, 2.24) is 9.78 Å². The summed E-state index contributed by atoms with van der Waals surface area (Å²) >= 11 is 11.7. The molecule has 0 radical (unpaired) electrons. The minimum atomic E-state index is -3.76. The Balaban J connectivity index is 2.46. The normalized spacial score (nSPS) is 11.7. The Kier molecular flexibility index (Phi) is 4.00. The molecule has 0 aliphatic heterocycles. The van der Waals surface area contributed by atoms with Gasteiger partial charge in [-0.2, -0.15) is 5.10 Å². The molecule has 0 amide bonds. The number of nitrogens with zero attached hydrogens (tertiary/aromatic N) is 2. The number of aryl methyl sites for hydroxylation is 2. The van der Waals surface area contributed by atoms with Crippen LogP contribution in [0.2, 0.25) is 10.0 Å². The fourth-order valence-corrected chi connectivity index (χ4v) is 3.70. The van der Waals surface area contributed by atoms with Gasteiger partial charge in [-0.15, -0.1) is 0 Å². The Labute approximate surface area is 127 Å². The first kappa shape index (κ1) is 15.2. The summed E-state index contributed by atoms with van der Waals surface area (Å²) in [7, 11) is -2.02. The van der Waals surface area contributed by atoms with Gasteiger partial charge < -0.3 is 0 Å². The Bertz CT molecular complexity index is 749. The maximum absolute atomic E-state index is 12.4. The molecule has 1 N–H and O–H groups in total. The Hall–Kier alpha value is -1.24. The van der Waals surface area contributed by atoms with Gasteiger partial charge in [0.2, 0.25) is 0 Å². The molecule has 108 valence electrons. The van der Waals surface area contributed by atoms with Crippen molar-refractivity contribution in [2.75, 3.05) is 4.72 Å². The molecule has 0 aliphatic rings. The third-order valence-electron chi connectivity index (χ3n) is 2.89. The Morgan fingerprint density at radius 3 is 2.15 bits per heavy atom. The van der Waals surface area contributed by atoms with Gasteiger partial charge in [0, 0.05) is 17.1 Å². The van der Waals surface area contributed by atoms with Crippen LogP contribution in [0.25, 0.3) is 0 Å². The van der Waals surface area contributed by atoms with Crippen LogP contribution < -0.4 is 4.72 Å². The van der Waals surface area contributed by atoms with Crippen LogP contribution in [0.15, 0.2) is 23.1 Å². The molecule has 2 aromatic rings. The van der Waals surface area contributed by atoms with Crippen LogP contribution in [-0.2, 0) is 17.1 Å². The lowest BCUT2D eigenvalue weighted by atomic mass is 10.3. The number of hydrogen-bond acceptors (Lipinski definition) is 3.